The van der Waals surface area contributed by atoms with Gasteiger partial charge < -0.3 is 15.2 Å². The highest BCUT2D eigenvalue weighted by molar-refractivity contribution is 5.70. The monoisotopic (exact) mass is 261 g/mol. The van der Waals surface area contributed by atoms with E-state index in [4.69, 9.17) is 15.2 Å². The van der Waals surface area contributed by atoms with Gasteiger partial charge in [-0.2, -0.15) is 5.10 Å². The molecule has 0 spiro atoms. The maximum Gasteiger partial charge on any atom is 0.130 e. The Balaban J connectivity index is 2.27. The highest BCUT2D eigenvalue weighted by atomic mass is 16.5. The van der Waals surface area contributed by atoms with E-state index in [1.165, 1.54) is 0 Å². The van der Waals surface area contributed by atoms with E-state index in [1.54, 1.807) is 14.2 Å². The van der Waals surface area contributed by atoms with Crippen molar-refractivity contribution in [3.8, 4) is 22.6 Å². The molecular weight excluding hydrogens is 242 g/mol. The minimum atomic E-state index is 0.668. The van der Waals surface area contributed by atoms with Crippen molar-refractivity contribution < 1.29 is 9.47 Å². The smallest absolute Gasteiger partial charge is 0.130 e. The van der Waals surface area contributed by atoms with Crippen molar-refractivity contribution in [1.82, 2.24) is 9.78 Å². The summed E-state index contributed by atoms with van der Waals surface area (Å²) in [6.45, 7) is 1.50. The molecule has 0 radical (unpaired) electrons. The topological polar surface area (TPSA) is 62.3 Å². The zero-order valence-corrected chi connectivity index (χ0v) is 11.3. The summed E-state index contributed by atoms with van der Waals surface area (Å²) < 4.78 is 12.5. The number of hydrogen-bond donors (Lipinski definition) is 1. The normalized spacial score (nSPS) is 10.5. The summed E-state index contributed by atoms with van der Waals surface area (Å²) in [5.41, 5.74) is 7.52. The van der Waals surface area contributed by atoms with Crippen LogP contribution in [0, 0.1) is 0 Å². The first-order valence-corrected chi connectivity index (χ1v) is 6.23. The molecule has 2 N–H and O–H groups in total. The minimum Gasteiger partial charge on any atom is -0.497 e. The van der Waals surface area contributed by atoms with E-state index in [-0.39, 0.29) is 0 Å². The molecule has 0 aliphatic carbocycles. The van der Waals surface area contributed by atoms with Gasteiger partial charge in [-0.25, -0.2) is 0 Å². The fraction of sp³-hybridized carbons (Fsp3) is 0.357. The summed E-state index contributed by atoms with van der Waals surface area (Å²) in [4.78, 5) is 0. The molecule has 19 heavy (non-hydrogen) atoms. The van der Waals surface area contributed by atoms with Gasteiger partial charge in [0.15, 0.2) is 0 Å². The van der Waals surface area contributed by atoms with Gasteiger partial charge in [0.2, 0.25) is 0 Å². The zero-order chi connectivity index (χ0) is 13.7. The molecule has 0 saturated carbocycles. The van der Waals surface area contributed by atoms with E-state index in [9.17, 15) is 0 Å². The van der Waals surface area contributed by atoms with Gasteiger partial charge in [0, 0.05) is 29.9 Å². The summed E-state index contributed by atoms with van der Waals surface area (Å²) in [7, 11) is 3.29. The molecule has 0 aliphatic rings. The summed E-state index contributed by atoms with van der Waals surface area (Å²) >= 11 is 0. The number of ether oxygens (including phenoxy) is 2. The zero-order valence-electron chi connectivity index (χ0n) is 11.3. The number of hydrogen-bond acceptors (Lipinski definition) is 4. The third-order valence-electron chi connectivity index (χ3n) is 2.94. The van der Waals surface area contributed by atoms with E-state index < -0.39 is 0 Å². The van der Waals surface area contributed by atoms with Crippen LogP contribution in [0.2, 0.25) is 0 Å². The lowest BCUT2D eigenvalue weighted by atomic mass is 10.1. The van der Waals surface area contributed by atoms with Crippen LogP contribution in [0.15, 0.2) is 30.6 Å². The fourth-order valence-corrected chi connectivity index (χ4v) is 1.92. The Morgan fingerprint density at radius 1 is 1.26 bits per heavy atom. The van der Waals surface area contributed by atoms with E-state index >= 15 is 0 Å². The Kier molecular flexibility index (Phi) is 4.41. The van der Waals surface area contributed by atoms with Crippen molar-refractivity contribution in [2.24, 2.45) is 5.73 Å². The Morgan fingerprint density at radius 3 is 2.79 bits per heavy atom. The van der Waals surface area contributed by atoms with E-state index in [0.29, 0.717) is 6.54 Å². The third kappa shape index (κ3) is 3.06. The Hall–Kier alpha value is -2.01. The van der Waals surface area contributed by atoms with Crippen LogP contribution in [0.5, 0.6) is 11.5 Å². The molecule has 1 aromatic heterocycles. The highest BCUT2D eigenvalue weighted by Crippen LogP contribution is 2.32. The third-order valence-corrected chi connectivity index (χ3v) is 2.94. The molecule has 0 bridgehead atoms. The number of nitrogens with two attached hydrogens (primary N) is 1. The van der Waals surface area contributed by atoms with Crippen molar-refractivity contribution in [3.05, 3.63) is 30.6 Å². The van der Waals surface area contributed by atoms with Crippen molar-refractivity contribution in [3.63, 3.8) is 0 Å². The Bertz CT molecular complexity index is 537. The molecule has 0 amide bonds. The molecule has 5 heteroatoms. The average Bonchev–Trinajstić information content (AvgIpc) is 2.92. The lowest BCUT2D eigenvalue weighted by Crippen LogP contribution is -2.05. The number of benzene rings is 1. The predicted octanol–water partition coefficient (Wildman–Crippen LogP) is 1.92. The molecular formula is C14H19N3O2. The highest BCUT2D eigenvalue weighted by Gasteiger charge is 2.09. The van der Waals surface area contributed by atoms with Crippen LogP contribution in [-0.4, -0.2) is 30.5 Å². The van der Waals surface area contributed by atoms with Crippen molar-refractivity contribution in [1.29, 1.82) is 0 Å². The number of aryl methyl sites for hydroxylation is 1. The number of nitrogens with zero attached hydrogens (tertiary/aromatic N) is 2. The van der Waals surface area contributed by atoms with Crippen LogP contribution < -0.4 is 15.2 Å². The molecule has 0 atom stereocenters. The van der Waals surface area contributed by atoms with Crippen LogP contribution in [0.4, 0.5) is 0 Å². The Labute approximate surface area is 112 Å². The van der Waals surface area contributed by atoms with Crippen LogP contribution >= 0.6 is 0 Å². The molecule has 0 unspecified atom stereocenters. The Morgan fingerprint density at radius 2 is 2.11 bits per heavy atom. The maximum atomic E-state index is 5.50. The quantitative estimate of drug-likeness (QED) is 0.863. The van der Waals surface area contributed by atoms with Crippen molar-refractivity contribution in [2.45, 2.75) is 13.0 Å². The van der Waals surface area contributed by atoms with E-state index in [2.05, 4.69) is 5.10 Å². The molecule has 0 saturated heterocycles. The fourth-order valence-electron chi connectivity index (χ4n) is 1.92. The van der Waals surface area contributed by atoms with Crippen LogP contribution in [0.1, 0.15) is 6.42 Å². The molecule has 102 valence electrons. The second kappa shape index (κ2) is 6.24. The van der Waals surface area contributed by atoms with E-state index in [0.717, 1.165) is 35.6 Å². The first-order chi connectivity index (χ1) is 9.28. The van der Waals surface area contributed by atoms with Crippen LogP contribution in [0.3, 0.4) is 0 Å². The first-order valence-electron chi connectivity index (χ1n) is 6.23. The van der Waals surface area contributed by atoms with Crippen molar-refractivity contribution in [2.75, 3.05) is 20.8 Å². The number of aromatic nitrogens is 2. The minimum absolute atomic E-state index is 0.668. The molecule has 5 nitrogen and oxygen atoms in total. The molecule has 0 aliphatic heterocycles. The molecule has 1 aromatic carbocycles. The summed E-state index contributed by atoms with van der Waals surface area (Å²) in [5.74, 6) is 1.55. The second-order valence-corrected chi connectivity index (χ2v) is 4.20. The van der Waals surface area contributed by atoms with E-state index in [1.807, 2.05) is 35.3 Å². The van der Waals surface area contributed by atoms with Gasteiger partial charge in [-0.1, -0.05) is 0 Å². The molecule has 2 aromatic rings. The van der Waals surface area contributed by atoms with Crippen LogP contribution in [-0.2, 0) is 6.54 Å². The first kappa shape index (κ1) is 13.4. The van der Waals surface area contributed by atoms with Gasteiger partial charge >= 0.3 is 0 Å². The molecule has 2 rings (SSSR count). The van der Waals surface area contributed by atoms with Crippen LogP contribution in [0.25, 0.3) is 11.1 Å². The maximum absolute atomic E-state index is 5.50. The standard InChI is InChI=1S/C14H19N3O2/c1-18-12-4-5-13(14(8-12)19-2)11-9-16-17(10-11)7-3-6-15/h4-5,8-10H,3,6-7,15H2,1-2H3. The average molecular weight is 261 g/mol. The lowest BCUT2D eigenvalue weighted by molar-refractivity contribution is 0.395. The number of rotatable bonds is 6. The SMILES string of the molecule is COc1ccc(-c2cnn(CCCN)c2)c(OC)c1. The molecule has 1 heterocycles. The lowest BCUT2D eigenvalue weighted by Gasteiger charge is -2.08. The van der Waals surface area contributed by atoms with Gasteiger partial charge in [0.1, 0.15) is 11.5 Å². The van der Waals surface area contributed by atoms with Gasteiger partial charge in [-0.05, 0) is 25.1 Å². The van der Waals surface area contributed by atoms with Crippen molar-refractivity contribution >= 4 is 0 Å². The molecule has 0 fully saturated rings. The second-order valence-electron chi connectivity index (χ2n) is 4.20. The van der Waals surface area contributed by atoms with Gasteiger partial charge in [0.05, 0.1) is 20.4 Å². The predicted molar refractivity (Wildman–Crippen MR) is 74.4 cm³/mol. The summed E-state index contributed by atoms with van der Waals surface area (Å²) in [5, 5.41) is 4.32. The summed E-state index contributed by atoms with van der Waals surface area (Å²) in [6, 6.07) is 5.75. The van der Waals surface area contributed by atoms with Gasteiger partial charge in [-0.3, -0.25) is 4.68 Å². The van der Waals surface area contributed by atoms with Gasteiger partial charge in [0.25, 0.3) is 0 Å². The largest absolute Gasteiger partial charge is 0.497 e. The van der Waals surface area contributed by atoms with Gasteiger partial charge in [-0.15, -0.1) is 0 Å². The number of methoxy groups -OCH3 is 2. The summed E-state index contributed by atoms with van der Waals surface area (Å²) in [6.07, 6.45) is 4.75.